The molecule has 1 aliphatic rings. The molecule has 2 heterocycles. The summed E-state index contributed by atoms with van der Waals surface area (Å²) in [5, 5.41) is 0. The van der Waals surface area contributed by atoms with Crippen molar-refractivity contribution in [2.24, 2.45) is 0 Å². The molecule has 0 saturated carbocycles. The molecule has 2 atom stereocenters. The van der Waals surface area contributed by atoms with Crippen LogP contribution in [0.4, 0.5) is 0 Å². The molecular weight excluding hydrogens is 188 g/mol. The lowest BCUT2D eigenvalue weighted by Gasteiger charge is -1.95. The van der Waals surface area contributed by atoms with E-state index in [1.54, 1.807) is 6.26 Å². The third-order valence-electron chi connectivity index (χ3n) is 2.69. The monoisotopic (exact) mass is 200 g/mol. The molecule has 1 saturated heterocycles. The van der Waals surface area contributed by atoms with Crippen LogP contribution in [-0.4, -0.2) is 6.10 Å². The zero-order valence-corrected chi connectivity index (χ0v) is 8.30. The first-order valence-corrected chi connectivity index (χ1v) is 5.16. The van der Waals surface area contributed by atoms with Gasteiger partial charge in [-0.25, -0.2) is 0 Å². The summed E-state index contributed by atoms with van der Waals surface area (Å²) in [5.41, 5.74) is 1.32. The van der Waals surface area contributed by atoms with Crippen LogP contribution in [0.5, 0.6) is 0 Å². The maximum absolute atomic E-state index is 5.57. The minimum Gasteiger partial charge on any atom is -0.466 e. The Morgan fingerprint density at radius 2 is 1.87 bits per heavy atom. The average molecular weight is 200 g/mol. The Hall–Kier alpha value is -1.54. The molecule has 76 valence electrons. The summed E-state index contributed by atoms with van der Waals surface area (Å²) in [5.74, 6) is 0.941. The van der Waals surface area contributed by atoms with Gasteiger partial charge in [-0.15, -0.1) is 0 Å². The highest BCUT2D eigenvalue weighted by atomic mass is 16.6. The molecule has 1 aromatic carbocycles. The fraction of sp³-hybridized carbons (Fsp3) is 0.231. The molecule has 1 fully saturated rings. The average Bonchev–Trinajstić information content (AvgIpc) is 2.82. The van der Waals surface area contributed by atoms with E-state index >= 15 is 0 Å². The third kappa shape index (κ3) is 1.81. The molecule has 2 aromatic rings. The lowest BCUT2D eigenvalue weighted by molar-refractivity contribution is 0.347. The SMILES string of the molecule is c1ccc(C[C@@H]2O[C@@H]2c2ccco2)cc1. The van der Waals surface area contributed by atoms with E-state index in [4.69, 9.17) is 9.15 Å². The first-order valence-electron chi connectivity index (χ1n) is 5.16. The van der Waals surface area contributed by atoms with Crippen LogP contribution in [-0.2, 0) is 11.2 Å². The Kier molecular flexibility index (Phi) is 2.07. The number of benzene rings is 1. The van der Waals surface area contributed by atoms with Gasteiger partial charge in [-0.1, -0.05) is 30.3 Å². The molecule has 0 unspecified atom stereocenters. The maximum Gasteiger partial charge on any atom is 0.142 e. The summed E-state index contributed by atoms with van der Waals surface area (Å²) < 4.78 is 10.9. The van der Waals surface area contributed by atoms with Crippen molar-refractivity contribution in [3.8, 4) is 0 Å². The molecule has 0 N–H and O–H groups in total. The predicted molar refractivity (Wildman–Crippen MR) is 56.5 cm³/mol. The van der Waals surface area contributed by atoms with Gasteiger partial charge in [-0.3, -0.25) is 0 Å². The lowest BCUT2D eigenvalue weighted by atomic mass is 10.1. The van der Waals surface area contributed by atoms with E-state index in [2.05, 4.69) is 24.3 Å². The van der Waals surface area contributed by atoms with Crippen LogP contribution >= 0.6 is 0 Å². The summed E-state index contributed by atoms with van der Waals surface area (Å²) in [6, 6.07) is 14.3. The van der Waals surface area contributed by atoms with Gasteiger partial charge in [0.1, 0.15) is 11.9 Å². The Bertz CT molecular complexity index is 419. The van der Waals surface area contributed by atoms with Crippen molar-refractivity contribution in [2.75, 3.05) is 0 Å². The van der Waals surface area contributed by atoms with Gasteiger partial charge in [-0.2, -0.15) is 0 Å². The molecule has 3 rings (SSSR count). The summed E-state index contributed by atoms with van der Waals surface area (Å²) >= 11 is 0. The normalized spacial score (nSPS) is 24.0. The first-order chi connectivity index (χ1) is 7.43. The first kappa shape index (κ1) is 8.74. The van der Waals surface area contributed by atoms with E-state index in [0.717, 1.165) is 12.2 Å². The van der Waals surface area contributed by atoms with E-state index < -0.39 is 0 Å². The van der Waals surface area contributed by atoms with E-state index in [1.165, 1.54) is 5.56 Å². The molecule has 0 bridgehead atoms. The van der Waals surface area contributed by atoms with Crippen molar-refractivity contribution < 1.29 is 9.15 Å². The van der Waals surface area contributed by atoms with Gasteiger partial charge in [0.25, 0.3) is 0 Å². The molecule has 1 aromatic heterocycles. The van der Waals surface area contributed by atoms with Crippen LogP contribution in [0.3, 0.4) is 0 Å². The lowest BCUT2D eigenvalue weighted by Crippen LogP contribution is -1.93. The largest absolute Gasteiger partial charge is 0.466 e. The second-order valence-corrected chi connectivity index (χ2v) is 3.80. The van der Waals surface area contributed by atoms with Crippen LogP contribution in [0.1, 0.15) is 17.4 Å². The van der Waals surface area contributed by atoms with Crippen LogP contribution in [0.2, 0.25) is 0 Å². The van der Waals surface area contributed by atoms with Crippen LogP contribution in [0, 0.1) is 0 Å². The number of epoxide rings is 1. The van der Waals surface area contributed by atoms with Gasteiger partial charge in [0.15, 0.2) is 0 Å². The van der Waals surface area contributed by atoms with Crippen LogP contribution in [0.15, 0.2) is 53.1 Å². The van der Waals surface area contributed by atoms with Crippen molar-refractivity contribution in [1.29, 1.82) is 0 Å². The Morgan fingerprint density at radius 1 is 1.00 bits per heavy atom. The number of furan rings is 1. The number of hydrogen-bond donors (Lipinski definition) is 0. The fourth-order valence-corrected chi connectivity index (χ4v) is 1.85. The fourth-order valence-electron chi connectivity index (χ4n) is 1.85. The highest BCUT2D eigenvalue weighted by Crippen LogP contribution is 2.40. The second-order valence-electron chi connectivity index (χ2n) is 3.80. The number of ether oxygens (including phenoxy) is 1. The van der Waals surface area contributed by atoms with E-state index in [0.29, 0.717) is 6.10 Å². The van der Waals surface area contributed by atoms with E-state index in [-0.39, 0.29) is 6.10 Å². The van der Waals surface area contributed by atoms with Crippen molar-refractivity contribution in [1.82, 2.24) is 0 Å². The Morgan fingerprint density at radius 3 is 2.60 bits per heavy atom. The standard InChI is InChI=1S/C13H12O2/c1-2-5-10(6-3-1)9-12-13(15-12)11-7-4-8-14-11/h1-8,12-13H,9H2/t12-,13+/m0/s1. The van der Waals surface area contributed by atoms with Crippen LogP contribution < -0.4 is 0 Å². The van der Waals surface area contributed by atoms with Gasteiger partial charge < -0.3 is 9.15 Å². The molecule has 2 nitrogen and oxygen atoms in total. The number of rotatable bonds is 3. The minimum absolute atomic E-state index is 0.167. The smallest absolute Gasteiger partial charge is 0.142 e. The molecule has 0 aliphatic carbocycles. The number of hydrogen-bond acceptors (Lipinski definition) is 2. The van der Waals surface area contributed by atoms with Crippen molar-refractivity contribution in [2.45, 2.75) is 18.6 Å². The molecule has 0 radical (unpaired) electrons. The van der Waals surface area contributed by atoms with Gasteiger partial charge in [0, 0.05) is 6.42 Å². The molecule has 0 spiro atoms. The van der Waals surface area contributed by atoms with Crippen molar-refractivity contribution >= 4 is 0 Å². The molecule has 2 heteroatoms. The highest BCUT2D eigenvalue weighted by molar-refractivity contribution is 5.19. The Labute approximate surface area is 88.5 Å². The summed E-state index contributed by atoms with van der Waals surface area (Å²) in [6.07, 6.45) is 3.11. The minimum atomic E-state index is 0.167. The molecule has 1 aliphatic heterocycles. The van der Waals surface area contributed by atoms with E-state index in [9.17, 15) is 0 Å². The van der Waals surface area contributed by atoms with E-state index in [1.807, 2.05) is 18.2 Å². The molecule has 15 heavy (non-hydrogen) atoms. The zero-order valence-electron chi connectivity index (χ0n) is 8.30. The highest BCUT2D eigenvalue weighted by Gasteiger charge is 2.41. The van der Waals surface area contributed by atoms with Gasteiger partial charge in [0.05, 0.1) is 12.4 Å². The van der Waals surface area contributed by atoms with Gasteiger partial charge in [-0.05, 0) is 17.7 Å². The third-order valence-corrected chi connectivity index (χ3v) is 2.69. The maximum atomic E-state index is 5.57. The Balaban J connectivity index is 1.64. The quantitative estimate of drug-likeness (QED) is 0.712. The predicted octanol–water partition coefficient (Wildman–Crippen LogP) is 2.96. The summed E-state index contributed by atoms with van der Waals surface area (Å²) in [7, 11) is 0. The van der Waals surface area contributed by atoms with Gasteiger partial charge in [0.2, 0.25) is 0 Å². The molecule has 0 amide bonds. The van der Waals surface area contributed by atoms with Crippen molar-refractivity contribution in [3.05, 3.63) is 60.1 Å². The van der Waals surface area contributed by atoms with Crippen molar-refractivity contribution in [3.63, 3.8) is 0 Å². The summed E-state index contributed by atoms with van der Waals surface area (Å²) in [6.45, 7) is 0. The van der Waals surface area contributed by atoms with Gasteiger partial charge >= 0.3 is 0 Å². The molecular formula is C13H12O2. The second kappa shape index (κ2) is 3.55. The summed E-state index contributed by atoms with van der Waals surface area (Å²) in [4.78, 5) is 0. The zero-order chi connectivity index (χ0) is 10.1. The van der Waals surface area contributed by atoms with Crippen LogP contribution in [0.25, 0.3) is 0 Å². The topological polar surface area (TPSA) is 25.7 Å².